The summed E-state index contributed by atoms with van der Waals surface area (Å²) in [5, 5.41) is 3.75. The van der Waals surface area contributed by atoms with Crippen LogP contribution in [0.3, 0.4) is 0 Å². The van der Waals surface area contributed by atoms with Gasteiger partial charge in [0.15, 0.2) is 0 Å². The summed E-state index contributed by atoms with van der Waals surface area (Å²) in [6, 6.07) is 2.96. The first-order valence-electron chi connectivity index (χ1n) is 11.6. The first-order valence-corrected chi connectivity index (χ1v) is 12.0. The lowest BCUT2D eigenvalue weighted by Crippen LogP contribution is -2.50. The number of hydrogen-bond donors (Lipinski definition) is 2. The molecule has 1 aliphatic rings. The summed E-state index contributed by atoms with van der Waals surface area (Å²) in [4.78, 5) is 26.7. The maximum absolute atomic E-state index is 14.2. The molecule has 3 rings (SSSR count). The molecule has 1 atom stereocenters. The molecule has 8 heteroatoms. The molecule has 0 aliphatic heterocycles. The van der Waals surface area contributed by atoms with Crippen molar-refractivity contribution in [3.05, 3.63) is 39.5 Å². The Hall–Kier alpha value is -2.28. The van der Waals surface area contributed by atoms with Crippen molar-refractivity contribution >= 4 is 28.5 Å². The van der Waals surface area contributed by atoms with E-state index in [1.165, 1.54) is 12.1 Å². The van der Waals surface area contributed by atoms with Gasteiger partial charge in [0, 0.05) is 17.6 Å². The van der Waals surface area contributed by atoms with Crippen molar-refractivity contribution in [3.63, 3.8) is 0 Å². The third kappa shape index (κ3) is 5.81. The normalized spacial score (nSPS) is 22.1. The van der Waals surface area contributed by atoms with Gasteiger partial charge in [0.25, 0.3) is 5.56 Å². The molecule has 1 aliphatic carbocycles. The minimum atomic E-state index is -0.545. The lowest BCUT2D eigenvalue weighted by Gasteiger charge is -2.45. The highest BCUT2D eigenvalue weighted by atomic mass is 35.5. The number of alkyl carbamates (subject to hydrolysis) is 1. The van der Waals surface area contributed by atoms with Crippen LogP contribution in [0.4, 0.5) is 9.18 Å². The summed E-state index contributed by atoms with van der Waals surface area (Å²) in [6.07, 6.45) is 5.63. The third-order valence-corrected chi connectivity index (χ3v) is 6.96. The van der Waals surface area contributed by atoms with Gasteiger partial charge in [-0.3, -0.25) is 4.79 Å². The fourth-order valence-electron chi connectivity index (χ4n) is 4.86. The number of ether oxygens (including phenoxy) is 2. The van der Waals surface area contributed by atoms with Crippen LogP contribution < -0.4 is 15.6 Å². The maximum atomic E-state index is 14.2. The fraction of sp³-hybridized carbons (Fsp3) is 0.600. The van der Waals surface area contributed by atoms with Crippen LogP contribution in [0.15, 0.2) is 23.1 Å². The monoisotopic (exact) mass is 480 g/mol. The third-order valence-electron chi connectivity index (χ3n) is 6.67. The van der Waals surface area contributed by atoms with Crippen molar-refractivity contribution in [3.8, 4) is 5.75 Å². The highest BCUT2D eigenvalue weighted by molar-refractivity contribution is 6.32. The number of aromatic amines is 1. The van der Waals surface area contributed by atoms with Crippen molar-refractivity contribution in [2.45, 2.75) is 90.9 Å². The van der Waals surface area contributed by atoms with Crippen LogP contribution in [0.1, 0.15) is 73.1 Å². The molecule has 1 aromatic carbocycles. The lowest BCUT2D eigenvalue weighted by atomic mass is 9.66. The van der Waals surface area contributed by atoms with E-state index in [1.54, 1.807) is 0 Å². The molecule has 0 saturated heterocycles. The summed E-state index contributed by atoms with van der Waals surface area (Å²) in [7, 11) is 0. The molecule has 0 radical (unpaired) electrons. The van der Waals surface area contributed by atoms with E-state index in [-0.39, 0.29) is 39.4 Å². The average molecular weight is 481 g/mol. The molecule has 6 nitrogen and oxygen atoms in total. The first kappa shape index (κ1) is 25.3. The molecule has 1 heterocycles. The quantitative estimate of drug-likeness (QED) is 0.505. The van der Waals surface area contributed by atoms with Gasteiger partial charge >= 0.3 is 6.09 Å². The number of benzene rings is 1. The number of rotatable bonds is 6. The van der Waals surface area contributed by atoms with Gasteiger partial charge in [-0.05, 0) is 76.8 Å². The minimum Gasteiger partial charge on any atom is -0.489 e. The average Bonchev–Trinajstić information content (AvgIpc) is 2.75. The predicted octanol–water partition coefficient (Wildman–Crippen LogP) is 6.34. The number of carbonyl (C=O) groups is 1. The molecule has 33 heavy (non-hydrogen) atoms. The molecule has 0 bridgehead atoms. The molecule has 2 N–H and O–H groups in total. The van der Waals surface area contributed by atoms with E-state index >= 15 is 0 Å². The zero-order valence-corrected chi connectivity index (χ0v) is 20.8. The predicted molar refractivity (Wildman–Crippen MR) is 129 cm³/mol. The Labute approximate surface area is 199 Å². The Kier molecular flexibility index (Phi) is 7.62. The van der Waals surface area contributed by atoms with E-state index in [0.717, 1.165) is 44.7 Å². The summed E-state index contributed by atoms with van der Waals surface area (Å²) in [6.45, 7) is 9.79. The Morgan fingerprint density at radius 2 is 1.94 bits per heavy atom. The van der Waals surface area contributed by atoms with Gasteiger partial charge in [-0.25, -0.2) is 9.18 Å². The molecule has 1 unspecified atom stereocenters. The van der Waals surface area contributed by atoms with Gasteiger partial charge in [-0.1, -0.05) is 25.4 Å². The smallest absolute Gasteiger partial charge is 0.407 e. The highest BCUT2D eigenvalue weighted by Gasteiger charge is 2.41. The van der Waals surface area contributed by atoms with E-state index in [0.29, 0.717) is 5.75 Å². The van der Waals surface area contributed by atoms with Crippen LogP contribution in [0.5, 0.6) is 5.75 Å². The largest absolute Gasteiger partial charge is 0.489 e. The van der Waals surface area contributed by atoms with Crippen LogP contribution in [0.2, 0.25) is 5.02 Å². The van der Waals surface area contributed by atoms with Crippen LogP contribution in [0.25, 0.3) is 10.8 Å². The molecular weight excluding hydrogens is 447 g/mol. The molecular formula is C25H34ClFN2O4. The van der Waals surface area contributed by atoms with Gasteiger partial charge in [0.05, 0.1) is 16.5 Å². The number of fused-ring (bicyclic) bond motifs is 1. The SMILES string of the molecule is CCC(NC(=O)OC(C)(C)C)[C@]1(CC)CC[C@H](Oc2cc3c(F)c[nH]c(=O)c3cc2Cl)CC1. The molecule has 1 aromatic heterocycles. The van der Waals surface area contributed by atoms with Crippen molar-refractivity contribution in [1.82, 2.24) is 10.3 Å². The van der Waals surface area contributed by atoms with E-state index in [4.69, 9.17) is 21.1 Å². The summed E-state index contributed by atoms with van der Waals surface area (Å²) in [5.41, 5.74) is -0.984. The van der Waals surface area contributed by atoms with Gasteiger partial charge in [0.1, 0.15) is 17.2 Å². The van der Waals surface area contributed by atoms with Gasteiger partial charge in [-0.15, -0.1) is 0 Å². The molecule has 2 aromatic rings. The Morgan fingerprint density at radius 3 is 2.52 bits per heavy atom. The summed E-state index contributed by atoms with van der Waals surface area (Å²) < 4.78 is 25.9. The molecule has 1 fully saturated rings. The van der Waals surface area contributed by atoms with Crippen LogP contribution in [0, 0.1) is 11.2 Å². The molecule has 182 valence electrons. The number of carbonyl (C=O) groups excluding carboxylic acids is 1. The van der Waals surface area contributed by atoms with Crippen molar-refractivity contribution in [2.24, 2.45) is 5.41 Å². The Bertz CT molecular complexity index is 1050. The van der Waals surface area contributed by atoms with Gasteiger partial charge in [0.2, 0.25) is 0 Å². The Balaban J connectivity index is 1.71. The molecule has 1 saturated carbocycles. The second-order valence-electron chi connectivity index (χ2n) is 9.93. The molecule has 0 spiro atoms. The topological polar surface area (TPSA) is 80.4 Å². The van der Waals surface area contributed by atoms with E-state index in [1.807, 2.05) is 20.8 Å². The zero-order valence-electron chi connectivity index (χ0n) is 20.0. The highest BCUT2D eigenvalue weighted by Crippen LogP contribution is 2.44. The van der Waals surface area contributed by atoms with E-state index in [2.05, 4.69) is 24.1 Å². The summed E-state index contributed by atoms with van der Waals surface area (Å²) in [5.74, 6) is -0.152. The number of pyridine rings is 1. The first-order chi connectivity index (χ1) is 15.5. The number of amides is 1. The van der Waals surface area contributed by atoms with E-state index < -0.39 is 17.0 Å². The zero-order chi connectivity index (χ0) is 24.4. The second-order valence-corrected chi connectivity index (χ2v) is 10.3. The van der Waals surface area contributed by atoms with Crippen molar-refractivity contribution in [2.75, 3.05) is 0 Å². The maximum Gasteiger partial charge on any atom is 0.407 e. The molecule has 1 amide bonds. The Morgan fingerprint density at radius 1 is 1.27 bits per heavy atom. The number of aromatic nitrogens is 1. The number of H-pyrrole nitrogens is 1. The van der Waals surface area contributed by atoms with Crippen LogP contribution >= 0.6 is 11.6 Å². The van der Waals surface area contributed by atoms with Crippen molar-refractivity contribution in [1.29, 1.82) is 0 Å². The minimum absolute atomic E-state index is 0.00313. The summed E-state index contributed by atoms with van der Waals surface area (Å²) >= 11 is 6.35. The second kappa shape index (κ2) is 9.92. The van der Waals surface area contributed by atoms with Gasteiger partial charge < -0.3 is 19.8 Å². The standard InChI is InChI=1S/C25H34ClFN2O4/c1-6-21(29-23(31)33-24(3,4)5)25(7-2)10-8-15(9-11-25)32-20-13-16-17(12-18(20)26)22(30)28-14-19(16)27/h12-15,21H,6-11H2,1-5H3,(H,28,30)(H,29,31)/t15-,21?,25+. The van der Waals surface area contributed by atoms with Crippen molar-refractivity contribution < 1.29 is 18.7 Å². The number of nitrogens with one attached hydrogen (secondary N) is 2. The van der Waals surface area contributed by atoms with Gasteiger partial charge in [-0.2, -0.15) is 0 Å². The van der Waals surface area contributed by atoms with E-state index in [9.17, 15) is 14.0 Å². The van der Waals surface area contributed by atoms with Crippen LogP contribution in [-0.4, -0.2) is 28.8 Å². The fourth-order valence-corrected chi connectivity index (χ4v) is 5.07. The van der Waals surface area contributed by atoms with Crippen LogP contribution in [-0.2, 0) is 4.74 Å². The number of halogens is 2. The lowest BCUT2D eigenvalue weighted by molar-refractivity contribution is 0.0249. The number of hydrogen-bond acceptors (Lipinski definition) is 4.